The fourth-order valence-corrected chi connectivity index (χ4v) is 1.78. The molecule has 0 unspecified atom stereocenters. The van der Waals surface area contributed by atoms with E-state index >= 15 is 0 Å². The molecule has 0 spiro atoms. The van der Waals surface area contributed by atoms with E-state index in [0.717, 1.165) is 16.9 Å². The number of benzene rings is 1. The topological polar surface area (TPSA) is 46.3 Å². The third kappa shape index (κ3) is 6.82. The lowest BCUT2D eigenvalue weighted by Crippen LogP contribution is -2.39. The number of hydrogen-bond acceptors (Lipinski definition) is 2. The van der Waals surface area contributed by atoms with E-state index in [2.05, 4.69) is 0 Å². The number of nitrogens with zero attached hydrogens (tertiary/aromatic N) is 1. The minimum Gasteiger partial charge on any atom is -0.330 e. The number of unbranched alkanes of at least 4 members (excludes halogenated alkanes) is 1. The number of rotatable bonds is 6. The molecule has 0 saturated heterocycles. The maximum atomic E-state index is 12.5. The van der Waals surface area contributed by atoms with Crippen LogP contribution in [0.1, 0.15) is 35.7 Å². The second kappa shape index (κ2) is 8.89. The quantitative estimate of drug-likeness (QED) is 0.872. The van der Waals surface area contributed by atoms with Crippen LogP contribution in [0.25, 0.3) is 0 Å². The largest absolute Gasteiger partial charge is 0.406 e. The lowest BCUT2D eigenvalue weighted by atomic mass is 10.1. The lowest BCUT2D eigenvalue weighted by Gasteiger charge is -2.24. The Hall–Kier alpha value is -1.27. The third-order valence-corrected chi connectivity index (χ3v) is 2.88. The van der Waals surface area contributed by atoms with Crippen molar-refractivity contribution < 1.29 is 18.0 Å². The van der Waals surface area contributed by atoms with Crippen molar-refractivity contribution in [1.29, 1.82) is 0 Å². The molecule has 1 amide bonds. The first kappa shape index (κ1) is 19.7. The lowest BCUT2D eigenvalue weighted by molar-refractivity contribution is -0.140. The number of nitrogens with two attached hydrogens (primary N) is 1. The van der Waals surface area contributed by atoms with Gasteiger partial charge in [-0.25, -0.2) is 0 Å². The molecule has 7 heteroatoms. The molecule has 0 atom stereocenters. The summed E-state index contributed by atoms with van der Waals surface area (Å²) in [7, 11) is 0. The van der Waals surface area contributed by atoms with Crippen LogP contribution in [0, 0.1) is 0 Å². The molecule has 0 aliphatic carbocycles. The molecule has 0 saturated carbocycles. The van der Waals surface area contributed by atoms with Crippen LogP contribution >= 0.6 is 12.4 Å². The highest BCUT2D eigenvalue weighted by Crippen LogP contribution is 2.19. The summed E-state index contributed by atoms with van der Waals surface area (Å²) < 4.78 is 37.6. The van der Waals surface area contributed by atoms with Gasteiger partial charge in [0, 0.05) is 18.7 Å². The summed E-state index contributed by atoms with van der Waals surface area (Å²) in [5.41, 5.74) is 6.52. The normalized spacial score (nSPS) is 10.9. The van der Waals surface area contributed by atoms with Crippen LogP contribution in [-0.2, 0) is 6.54 Å². The molecule has 0 bridgehead atoms. The SMILES string of the molecule is CCCCN(CC(F)(F)F)C(=O)c1ccc(CN)cc1.Cl. The Morgan fingerprint density at radius 3 is 2.24 bits per heavy atom. The van der Waals surface area contributed by atoms with E-state index in [1.807, 2.05) is 6.92 Å². The van der Waals surface area contributed by atoms with Gasteiger partial charge >= 0.3 is 6.18 Å². The maximum absolute atomic E-state index is 12.5. The number of carbonyl (C=O) groups excluding carboxylic acids is 1. The van der Waals surface area contributed by atoms with Crippen LogP contribution in [0.2, 0.25) is 0 Å². The Morgan fingerprint density at radius 2 is 1.81 bits per heavy atom. The molecule has 1 aromatic rings. The van der Waals surface area contributed by atoms with Crippen molar-refractivity contribution in [2.75, 3.05) is 13.1 Å². The highest BCUT2D eigenvalue weighted by atomic mass is 35.5. The summed E-state index contributed by atoms with van der Waals surface area (Å²) in [6.45, 7) is 1.08. The second-order valence-corrected chi connectivity index (χ2v) is 4.60. The second-order valence-electron chi connectivity index (χ2n) is 4.60. The molecule has 0 heterocycles. The van der Waals surface area contributed by atoms with Gasteiger partial charge in [0.1, 0.15) is 6.54 Å². The number of hydrogen-bond donors (Lipinski definition) is 1. The molecular weight excluding hydrogens is 305 g/mol. The van der Waals surface area contributed by atoms with Crippen molar-refractivity contribution in [3.63, 3.8) is 0 Å². The molecule has 3 nitrogen and oxygen atoms in total. The van der Waals surface area contributed by atoms with Gasteiger partial charge in [-0.05, 0) is 24.1 Å². The van der Waals surface area contributed by atoms with E-state index in [1.54, 1.807) is 12.1 Å². The van der Waals surface area contributed by atoms with Crippen molar-refractivity contribution >= 4 is 18.3 Å². The smallest absolute Gasteiger partial charge is 0.330 e. The summed E-state index contributed by atoms with van der Waals surface area (Å²) in [4.78, 5) is 13.0. The summed E-state index contributed by atoms with van der Waals surface area (Å²) in [5, 5.41) is 0. The van der Waals surface area contributed by atoms with Gasteiger partial charge in [-0.15, -0.1) is 12.4 Å². The molecule has 1 rings (SSSR count). The Balaban J connectivity index is 0.00000400. The van der Waals surface area contributed by atoms with Gasteiger partial charge in [-0.3, -0.25) is 4.79 Å². The van der Waals surface area contributed by atoms with Crippen LogP contribution in [0.5, 0.6) is 0 Å². The van der Waals surface area contributed by atoms with Crippen LogP contribution in [0.4, 0.5) is 13.2 Å². The first-order chi connectivity index (χ1) is 9.37. The van der Waals surface area contributed by atoms with E-state index in [-0.39, 0.29) is 24.5 Å². The maximum Gasteiger partial charge on any atom is 0.406 e. The van der Waals surface area contributed by atoms with Gasteiger partial charge in [0.05, 0.1) is 0 Å². The fourth-order valence-electron chi connectivity index (χ4n) is 1.78. The van der Waals surface area contributed by atoms with Crippen molar-refractivity contribution in [3.8, 4) is 0 Å². The number of halogens is 4. The molecule has 2 N–H and O–H groups in total. The Bertz CT molecular complexity index is 435. The van der Waals surface area contributed by atoms with Crippen LogP contribution in [0.3, 0.4) is 0 Å². The summed E-state index contributed by atoms with van der Waals surface area (Å²) in [6.07, 6.45) is -3.11. The predicted molar refractivity (Wildman–Crippen MR) is 78.4 cm³/mol. The van der Waals surface area contributed by atoms with Crippen molar-refractivity contribution in [2.45, 2.75) is 32.5 Å². The van der Waals surface area contributed by atoms with Gasteiger partial charge < -0.3 is 10.6 Å². The number of amides is 1. The zero-order valence-electron chi connectivity index (χ0n) is 11.8. The molecular formula is C14H20ClF3N2O. The molecule has 0 fully saturated rings. The Morgan fingerprint density at radius 1 is 1.24 bits per heavy atom. The summed E-state index contributed by atoms with van der Waals surface area (Å²) in [6, 6.07) is 6.33. The van der Waals surface area contributed by atoms with E-state index in [1.165, 1.54) is 12.1 Å². The molecule has 21 heavy (non-hydrogen) atoms. The highest BCUT2D eigenvalue weighted by Gasteiger charge is 2.33. The van der Waals surface area contributed by atoms with Crippen molar-refractivity contribution in [3.05, 3.63) is 35.4 Å². The zero-order valence-corrected chi connectivity index (χ0v) is 12.6. The standard InChI is InChI=1S/C14H19F3N2O.ClH/c1-2-3-8-19(10-14(15,16)17)13(20)12-6-4-11(9-18)5-7-12;/h4-7H,2-3,8-10,18H2,1H3;1H. The van der Waals surface area contributed by atoms with E-state index < -0.39 is 18.6 Å². The van der Waals surface area contributed by atoms with E-state index in [0.29, 0.717) is 13.0 Å². The van der Waals surface area contributed by atoms with Gasteiger partial charge in [-0.2, -0.15) is 13.2 Å². The minimum absolute atomic E-state index is 0. The first-order valence-corrected chi connectivity index (χ1v) is 6.52. The van der Waals surface area contributed by atoms with Crippen LogP contribution < -0.4 is 5.73 Å². The van der Waals surface area contributed by atoms with Gasteiger partial charge in [0.25, 0.3) is 5.91 Å². The van der Waals surface area contributed by atoms with Crippen molar-refractivity contribution in [2.24, 2.45) is 5.73 Å². The average molecular weight is 325 g/mol. The van der Waals surface area contributed by atoms with Gasteiger partial charge in [0.2, 0.25) is 0 Å². The third-order valence-electron chi connectivity index (χ3n) is 2.88. The minimum atomic E-state index is -4.39. The average Bonchev–Trinajstić information content (AvgIpc) is 2.41. The van der Waals surface area contributed by atoms with Gasteiger partial charge in [-0.1, -0.05) is 25.5 Å². The number of alkyl halides is 3. The summed E-state index contributed by atoms with van der Waals surface area (Å²) in [5.74, 6) is -0.598. The van der Waals surface area contributed by atoms with Crippen LogP contribution in [0.15, 0.2) is 24.3 Å². The van der Waals surface area contributed by atoms with E-state index in [4.69, 9.17) is 5.73 Å². The fraction of sp³-hybridized carbons (Fsp3) is 0.500. The van der Waals surface area contributed by atoms with E-state index in [9.17, 15) is 18.0 Å². The molecule has 0 aliphatic heterocycles. The molecule has 0 aromatic heterocycles. The first-order valence-electron chi connectivity index (χ1n) is 6.52. The highest BCUT2D eigenvalue weighted by molar-refractivity contribution is 5.94. The molecule has 1 aromatic carbocycles. The Labute approximate surface area is 128 Å². The summed E-state index contributed by atoms with van der Waals surface area (Å²) >= 11 is 0. The molecule has 0 aliphatic rings. The molecule has 120 valence electrons. The van der Waals surface area contributed by atoms with Crippen molar-refractivity contribution in [1.82, 2.24) is 4.90 Å². The van der Waals surface area contributed by atoms with Gasteiger partial charge in [0.15, 0.2) is 0 Å². The molecule has 0 radical (unpaired) electrons. The zero-order chi connectivity index (χ0) is 15.2. The van der Waals surface area contributed by atoms with Crippen LogP contribution in [-0.4, -0.2) is 30.1 Å². The number of carbonyl (C=O) groups is 1. The monoisotopic (exact) mass is 324 g/mol. The predicted octanol–water partition coefficient (Wildman–Crippen LogP) is 3.37. The Kier molecular flexibility index (Phi) is 8.36.